The van der Waals surface area contributed by atoms with E-state index in [1.165, 1.54) is 12.1 Å². The van der Waals surface area contributed by atoms with Gasteiger partial charge >= 0.3 is 0 Å². The minimum absolute atomic E-state index is 0.226. The number of ether oxygens (including phenoxy) is 1. The van der Waals surface area contributed by atoms with E-state index in [2.05, 4.69) is 4.72 Å². The van der Waals surface area contributed by atoms with E-state index < -0.39 is 15.6 Å². The number of aryl methyl sites for hydroxylation is 1. The number of sulfonamides is 1. The van der Waals surface area contributed by atoms with Crippen LogP contribution >= 0.6 is 0 Å². The Morgan fingerprint density at radius 3 is 2.55 bits per heavy atom. The zero-order valence-corrected chi connectivity index (χ0v) is 12.5. The first kappa shape index (κ1) is 15.0. The van der Waals surface area contributed by atoms with E-state index in [1.54, 1.807) is 13.0 Å². The van der Waals surface area contributed by atoms with Gasteiger partial charge in [0.25, 0.3) is 0 Å². The maximum absolute atomic E-state index is 12.5. The number of nitriles is 1. The summed E-state index contributed by atoms with van der Waals surface area (Å²) in [4.78, 5) is 0.226. The second-order valence-electron chi connectivity index (χ2n) is 5.37. The van der Waals surface area contributed by atoms with Crippen LogP contribution in [0.3, 0.4) is 0 Å². The number of rotatable bonds is 3. The van der Waals surface area contributed by atoms with Gasteiger partial charge in [-0.25, -0.2) is 13.1 Å². The van der Waals surface area contributed by atoms with Crippen LogP contribution in [-0.2, 0) is 14.8 Å². The lowest BCUT2D eigenvalue weighted by Gasteiger charge is -2.34. The number of benzene rings is 1. The van der Waals surface area contributed by atoms with Crippen molar-refractivity contribution < 1.29 is 13.2 Å². The van der Waals surface area contributed by atoms with Gasteiger partial charge in [0, 0.05) is 18.8 Å². The lowest BCUT2D eigenvalue weighted by Crippen LogP contribution is -2.49. The second kappa shape index (κ2) is 5.52. The normalized spacial score (nSPS) is 18.4. The van der Waals surface area contributed by atoms with Gasteiger partial charge in [-0.2, -0.15) is 5.26 Å². The Bertz CT molecular complexity index is 641. The average molecular weight is 294 g/mol. The highest BCUT2D eigenvalue weighted by molar-refractivity contribution is 7.89. The molecule has 5 nitrogen and oxygen atoms in total. The third-order valence-corrected chi connectivity index (χ3v) is 5.37. The van der Waals surface area contributed by atoms with Gasteiger partial charge in [0.2, 0.25) is 10.0 Å². The first-order valence-corrected chi connectivity index (χ1v) is 7.97. The lowest BCUT2D eigenvalue weighted by atomic mass is 9.94. The van der Waals surface area contributed by atoms with Crippen molar-refractivity contribution in [2.24, 2.45) is 0 Å². The fraction of sp³-hybridized carbons (Fsp3) is 0.500. The summed E-state index contributed by atoms with van der Waals surface area (Å²) in [5, 5.41) is 8.83. The van der Waals surface area contributed by atoms with Gasteiger partial charge in [0.05, 0.1) is 16.5 Å². The molecule has 0 bridgehead atoms. The third-order valence-electron chi connectivity index (χ3n) is 3.57. The standard InChI is InChI=1S/C14H18N2O3S/c1-11-9-12(10-15)3-4-13(11)20(17,18)16-14(2)5-7-19-8-6-14/h3-4,9,16H,5-8H2,1-2H3. The van der Waals surface area contributed by atoms with Crippen LogP contribution in [0, 0.1) is 18.3 Å². The van der Waals surface area contributed by atoms with Crippen molar-refractivity contribution in [3.63, 3.8) is 0 Å². The molecule has 0 saturated carbocycles. The van der Waals surface area contributed by atoms with Crippen LogP contribution in [0.1, 0.15) is 30.9 Å². The molecule has 0 spiro atoms. The topological polar surface area (TPSA) is 79.2 Å². The fourth-order valence-corrected chi connectivity index (χ4v) is 4.02. The molecule has 0 amide bonds. The molecule has 1 heterocycles. The minimum atomic E-state index is -3.59. The summed E-state index contributed by atoms with van der Waals surface area (Å²) in [6.07, 6.45) is 1.31. The Morgan fingerprint density at radius 1 is 1.35 bits per heavy atom. The Hall–Kier alpha value is -1.42. The largest absolute Gasteiger partial charge is 0.381 e. The SMILES string of the molecule is Cc1cc(C#N)ccc1S(=O)(=O)NC1(C)CCOCC1. The predicted molar refractivity (Wildman–Crippen MR) is 74.7 cm³/mol. The number of nitrogens with one attached hydrogen (secondary N) is 1. The molecule has 108 valence electrons. The summed E-state index contributed by atoms with van der Waals surface area (Å²) in [5.74, 6) is 0. The van der Waals surface area contributed by atoms with E-state index in [0.29, 0.717) is 37.2 Å². The smallest absolute Gasteiger partial charge is 0.241 e. The number of hydrogen-bond acceptors (Lipinski definition) is 4. The van der Waals surface area contributed by atoms with Crippen LogP contribution in [0.25, 0.3) is 0 Å². The number of hydrogen-bond donors (Lipinski definition) is 1. The van der Waals surface area contributed by atoms with Crippen molar-refractivity contribution in [1.29, 1.82) is 5.26 Å². The predicted octanol–water partition coefficient (Wildman–Crippen LogP) is 1.71. The minimum Gasteiger partial charge on any atom is -0.381 e. The molecule has 1 aliphatic heterocycles. The maximum atomic E-state index is 12.5. The van der Waals surface area contributed by atoms with Crippen molar-refractivity contribution in [2.75, 3.05) is 13.2 Å². The molecule has 1 saturated heterocycles. The molecular weight excluding hydrogens is 276 g/mol. The summed E-state index contributed by atoms with van der Waals surface area (Å²) >= 11 is 0. The molecule has 0 radical (unpaired) electrons. The summed E-state index contributed by atoms with van der Waals surface area (Å²) in [6.45, 7) is 4.71. The van der Waals surface area contributed by atoms with Crippen molar-refractivity contribution in [3.05, 3.63) is 29.3 Å². The molecule has 1 aliphatic rings. The van der Waals surface area contributed by atoms with E-state index in [1.807, 2.05) is 13.0 Å². The van der Waals surface area contributed by atoms with E-state index in [-0.39, 0.29) is 4.90 Å². The average Bonchev–Trinajstić information content (AvgIpc) is 2.37. The number of nitrogens with zero attached hydrogens (tertiary/aromatic N) is 1. The molecular formula is C14H18N2O3S. The van der Waals surface area contributed by atoms with E-state index in [0.717, 1.165) is 0 Å². The van der Waals surface area contributed by atoms with Crippen LogP contribution in [0.2, 0.25) is 0 Å². The molecule has 0 atom stereocenters. The second-order valence-corrected chi connectivity index (χ2v) is 7.02. The highest BCUT2D eigenvalue weighted by Crippen LogP contribution is 2.24. The summed E-state index contributed by atoms with van der Waals surface area (Å²) in [7, 11) is -3.59. The molecule has 20 heavy (non-hydrogen) atoms. The summed E-state index contributed by atoms with van der Waals surface area (Å²) < 4.78 is 33.0. The Morgan fingerprint density at radius 2 is 2.00 bits per heavy atom. The van der Waals surface area contributed by atoms with Crippen LogP contribution in [-0.4, -0.2) is 27.2 Å². The summed E-state index contributed by atoms with van der Waals surface area (Å²) in [5.41, 5.74) is 0.558. The Balaban J connectivity index is 2.29. The van der Waals surface area contributed by atoms with Gasteiger partial charge < -0.3 is 4.74 Å². The quantitative estimate of drug-likeness (QED) is 0.920. The van der Waals surface area contributed by atoms with Crippen molar-refractivity contribution in [2.45, 2.75) is 37.1 Å². The molecule has 2 rings (SSSR count). The zero-order valence-electron chi connectivity index (χ0n) is 11.6. The maximum Gasteiger partial charge on any atom is 0.241 e. The molecule has 0 unspecified atom stereocenters. The van der Waals surface area contributed by atoms with E-state index >= 15 is 0 Å². The van der Waals surface area contributed by atoms with E-state index in [9.17, 15) is 8.42 Å². The highest BCUT2D eigenvalue weighted by Gasteiger charge is 2.33. The van der Waals surface area contributed by atoms with Crippen LogP contribution < -0.4 is 4.72 Å². The first-order valence-electron chi connectivity index (χ1n) is 6.49. The highest BCUT2D eigenvalue weighted by atomic mass is 32.2. The Labute approximate surface area is 119 Å². The molecule has 1 aromatic carbocycles. The van der Waals surface area contributed by atoms with Gasteiger partial charge in [-0.15, -0.1) is 0 Å². The van der Waals surface area contributed by atoms with Crippen molar-refractivity contribution >= 4 is 10.0 Å². The molecule has 1 fully saturated rings. The van der Waals surface area contributed by atoms with Crippen molar-refractivity contribution in [3.8, 4) is 6.07 Å². The Kier molecular flexibility index (Phi) is 4.14. The molecule has 6 heteroatoms. The third kappa shape index (κ3) is 3.18. The molecule has 1 N–H and O–H groups in total. The molecule has 1 aromatic rings. The lowest BCUT2D eigenvalue weighted by molar-refractivity contribution is 0.0537. The van der Waals surface area contributed by atoms with Gasteiger partial charge in [-0.1, -0.05) is 0 Å². The van der Waals surface area contributed by atoms with Crippen LogP contribution in [0.5, 0.6) is 0 Å². The zero-order chi connectivity index (χ0) is 14.8. The van der Waals surface area contributed by atoms with Gasteiger partial charge in [0.15, 0.2) is 0 Å². The molecule has 0 aromatic heterocycles. The van der Waals surface area contributed by atoms with Gasteiger partial charge in [-0.05, 0) is 50.5 Å². The van der Waals surface area contributed by atoms with Crippen LogP contribution in [0.15, 0.2) is 23.1 Å². The van der Waals surface area contributed by atoms with Gasteiger partial charge in [-0.3, -0.25) is 0 Å². The molecule has 0 aliphatic carbocycles. The monoisotopic (exact) mass is 294 g/mol. The van der Waals surface area contributed by atoms with E-state index in [4.69, 9.17) is 10.00 Å². The fourth-order valence-electron chi connectivity index (χ4n) is 2.32. The van der Waals surface area contributed by atoms with Gasteiger partial charge in [0.1, 0.15) is 0 Å². The summed E-state index contributed by atoms with van der Waals surface area (Å²) in [6, 6.07) is 6.59. The first-order chi connectivity index (χ1) is 9.36. The van der Waals surface area contributed by atoms with Crippen molar-refractivity contribution in [1.82, 2.24) is 4.72 Å². The van der Waals surface area contributed by atoms with Crippen LogP contribution in [0.4, 0.5) is 0 Å².